The summed E-state index contributed by atoms with van der Waals surface area (Å²) in [6.07, 6.45) is -0.0690. The van der Waals surface area contributed by atoms with Crippen molar-refractivity contribution in [2.75, 3.05) is 41.8 Å². The summed E-state index contributed by atoms with van der Waals surface area (Å²) in [4.78, 5) is 142. The molecular formula is C67H98N8O12. The first kappa shape index (κ1) is 70.4. The molecule has 478 valence electrons. The number of hydrogen-bond acceptors (Lipinski definition) is 12. The van der Waals surface area contributed by atoms with Gasteiger partial charge < -0.3 is 55.0 Å². The Labute approximate surface area is 515 Å². The first-order chi connectivity index (χ1) is 40.9. The molecule has 11 atom stereocenters. The number of esters is 1. The predicted octanol–water partition coefficient (Wildman–Crippen LogP) is 6.05. The third-order valence-electron chi connectivity index (χ3n) is 17.3. The smallest absolute Gasteiger partial charge is 0.332 e. The summed E-state index contributed by atoms with van der Waals surface area (Å²) in [7, 11) is 7.26. The van der Waals surface area contributed by atoms with Gasteiger partial charge in [-0.25, -0.2) is 4.79 Å². The van der Waals surface area contributed by atoms with Gasteiger partial charge in [-0.2, -0.15) is 0 Å². The number of likely N-dealkylation sites (N-methyl/N-ethyl adjacent to an activating group) is 4. The van der Waals surface area contributed by atoms with Gasteiger partial charge in [-0.05, 0) is 97.6 Å². The van der Waals surface area contributed by atoms with E-state index in [0.717, 1.165) is 16.0 Å². The fourth-order valence-corrected chi connectivity index (χ4v) is 12.0. The summed E-state index contributed by atoms with van der Waals surface area (Å²) >= 11 is 0. The van der Waals surface area contributed by atoms with Crippen LogP contribution in [-0.4, -0.2) is 185 Å². The first-order valence-electron chi connectivity index (χ1n) is 30.9. The van der Waals surface area contributed by atoms with Crippen LogP contribution < -0.4 is 20.7 Å². The average Bonchev–Trinajstić information content (AvgIpc) is 2.54. The molecule has 0 saturated carbocycles. The quantitative estimate of drug-likeness (QED) is 0.127. The molecule has 2 unspecified atom stereocenters. The van der Waals surface area contributed by atoms with E-state index in [4.69, 9.17) is 9.47 Å². The second kappa shape index (κ2) is 31.0. The number of fused-ring (bicyclic) bond motifs is 1. The van der Waals surface area contributed by atoms with Crippen molar-refractivity contribution in [3.8, 4) is 16.9 Å². The molecule has 0 bridgehead atoms. The highest BCUT2D eigenvalue weighted by Crippen LogP contribution is 2.29. The second-order valence-electron chi connectivity index (χ2n) is 25.6. The van der Waals surface area contributed by atoms with E-state index in [0.29, 0.717) is 36.1 Å². The molecule has 8 amide bonds. The van der Waals surface area contributed by atoms with Crippen molar-refractivity contribution in [1.82, 2.24) is 40.4 Å². The number of ether oxygens (including phenoxy) is 2. The average molecular weight is 1210 g/mol. The Morgan fingerprint density at radius 3 is 1.60 bits per heavy atom. The van der Waals surface area contributed by atoms with Crippen LogP contribution in [0.25, 0.3) is 11.1 Å². The Morgan fingerprint density at radius 2 is 1.09 bits per heavy atom. The number of aliphatic hydroxyl groups is 1. The minimum absolute atomic E-state index is 0.00640. The van der Waals surface area contributed by atoms with E-state index in [-0.39, 0.29) is 38.1 Å². The molecule has 3 aromatic carbocycles. The van der Waals surface area contributed by atoms with Gasteiger partial charge in [0.1, 0.15) is 48.0 Å². The van der Waals surface area contributed by atoms with Crippen molar-refractivity contribution in [1.29, 1.82) is 0 Å². The number of nitrogens with one attached hydrogen (secondary N) is 3. The zero-order chi connectivity index (χ0) is 64.9. The van der Waals surface area contributed by atoms with Gasteiger partial charge in [-0.15, -0.1) is 0 Å². The largest absolute Gasteiger partial charge is 0.497 e. The highest BCUT2D eigenvalue weighted by atomic mass is 16.6. The lowest BCUT2D eigenvalue weighted by atomic mass is 9.93. The Hall–Kier alpha value is -7.35. The minimum atomic E-state index is -1.98. The van der Waals surface area contributed by atoms with Crippen LogP contribution in [0.15, 0.2) is 78.9 Å². The number of amides is 8. The fraction of sp³-hybridized carbons (Fsp3) is 0.597. The highest BCUT2D eigenvalue weighted by molar-refractivity contribution is 5.99. The maximum atomic E-state index is 15.6. The van der Waals surface area contributed by atoms with E-state index in [1.807, 2.05) is 75.4 Å². The second-order valence-corrected chi connectivity index (χ2v) is 25.6. The zero-order valence-corrected chi connectivity index (χ0v) is 54.4. The molecule has 0 aromatic heterocycles. The van der Waals surface area contributed by atoms with E-state index >= 15 is 24.0 Å². The standard InChI is InChI=1S/C67H98N8O12/c1-18-42(9)53-64(82)72(14)54(40(5)6)59(77)68-49(36-39(3)4)62(80)74(16)57(67(11,12)85)66(84)87-56(43(10)19-2)65(83)73(15)55(41(7)8)60(78)69-50(37-44-24-21-20-22-25-44)61(79)71(13)52(63(81)75-35-23-26-51(75)58(76)70-53)38-45-27-29-46(30-28-45)47-31-33-48(86-17)34-32-47/h20-22,24-25,27-34,39-43,49-57,85H,18-19,23,26,35-38H2,1-17H3,(H,68,77)(H,69,78)(H,70,76)/t42?,43?,49-,50-,51-,52-,53-,54-,55-,56+,57+/m0/s1. The molecule has 2 saturated heterocycles. The SMILES string of the molecule is CCC(C)[C@@H]1NC(=O)[C@@H]2CCCN2C(=O)[C@H](Cc2ccc(-c3ccc(OC)cc3)cc2)N(C)C(=O)[C@H](Cc2ccccc2)NC(=O)[C@H](C(C)C)N(C)C(=O)[C@@H](C(C)CC)OC(=O)[C@H](C(C)(C)O)N(C)C(=O)[C@H](CC(C)C)NC(=O)[C@H](C(C)C)N(C)C1=O. The van der Waals surface area contributed by atoms with Crippen molar-refractivity contribution in [2.45, 2.75) is 188 Å². The van der Waals surface area contributed by atoms with Crippen LogP contribution in [-0.2, 0) is 60.7 Å². The summed E-state index contributed by atoms with van der Waals surface area (Å²) < 4.78 is 11.5. The predicted molar refractivity (Wildman–Crippen MR) is 333 cm³/mol. The Morgan fingerprint density at radius 1 is 0.586 bits per heavy atom. The maximum absolute atomic E-state index is 15.6. The molecule has 5 rings (SSSR count). The normalized spacial score (nSPS) is 25.1. The summed E-state index contributed by atoms with van der Waals surface area (Å²) in [5, 5.41) is 20.6. The molecule has 0 spiro atoms. The van der Waals surface area contributed by atoms with Crippen molar-refractivity contribution in [2.24, 2.45) is 29.6 Å². The van der Waals surface area contributed by atoms with Gasteiger partial charge in [0.05, 0.1) is 12.7 Å². The molecule has 3 aromatic rings. The first-order valence-corrected chi connectivity index (χ1v) is 30.9. The molecule has 4 N–H and O–H groups in total. The number of methoxy groups -OCH3 is 1. The fourth-order valence-electron chi connectivity index (χ4n) is 12.0. The van der Waals surface area contributed by atoms with Crippen LogP contribution >= 0.6 is 0 Å². The zero-order valence-electron chi connectivity index (χ0n) is 54.4. The summed E-state index contributed by atoms with van der Waals surface area (Å²) in [5.41, 5.74) is 1.19. The Balaban J connectivity index is 1.71. The van der Waals surface area contributed by atoms with E-state index in [2.05, 4.69) is 16.0 Å². The molecule has 2 fully saturated rings. The highest BCUT2D eigenvalue weighted by Gasteiger charge is 2.48. The third kappa shape index (κ3) is 17.5. The van der Waals surface area contributed by atoms with Crippen molar-refractivity contribution in [3.63, 3.8) is 0 Å². The van der Waals surface area contributed by atoms with Crippen molar-refractivity contribution in [3.05, 3.63) is 90.0 Å². The van der Waals surface area contributed by atoms with Crippen molar-refractivity contribution < 1.29 is 57.7 Å². The van der Waals surface area contributed by atoms with Crippen LogP contribution in [0.1, 0.15) is 126 Å². The van der Waals surface area contributed by atoms with Crippen LogP contribution in [0.3, 0.4) is 0 Å². The number of carbonyl (C=O) groups excluding carboxylic acids is 9. The number of carbonyl (C=O) groups is 9. The maximum Gasteiger partial charge on any atom is 0.332 e. The minimum Gasteiger partial charge on any atom is -0.497 e. The number of hydrogen-bond donors (Lipinski definition) is 4. The molecule has 2 heterocycles. The van der Waals surface area contributed by atoms with Gasteiger partial charge in [0.25, 0.3) is 5.91 Å². The summed E-state index contributed by atoms with van der Waals surface area (Å²) in [5.74, 6) is -8.14. The third-order valence-corrected chi connectivity index (χ3v) is 17.3. The van der Waals surface area contributed by atoms with E-state index in [1.54, 1.807) is 79.8 Å². The van der Waals surface area contributed by atoms with Gasteiger partial charge in [0.15, 0.2) is 12.1 Å². The van der Waals surface area contributed by atoms with Gasteiger partial charge in [0, 0.05) is 53.5 Å². The molecule has 20 nitrogen and oxygen atoms in total. The lowest BCUT2D eigenvalue weighted by Crippen LogP contribution is -2.63. The topological polar surface area (TPSA) is 245 Å². The van der Waals surface area contributed by atoms with E-state index in [9.17, 15) is 24.3 Å². The molecule has 2 aliphatic heterocycles. The molecule has 0 aliphatic carbocycles. The lowest BCUT2D eigenvalue weighted by molar-refractivity contribution is -0.177. The van der Waals surface area contributed by atoms with Crippen LogP contribution in [0.2, 0.25) is 0 Å². The number of nitrogens with zero attached hydrogens (tertiary/aromatic N) is 5. The summed E-state index contributed by atoms with van der Waals surface area (Å²) in [6.45, 7) is 20.6. The van der Waals surface area contributed by atoms with Gasteiger partial charge >= 0.3 is 5.97 Å². The molecule has 2 aliphatic rings. The number of benzene rings is 3. The molecular weight excluding hydrogens is 1110 g/mol. The monoisotopic (exact) mass is 1210 g/mol. The van der Waals surface area contributed by atoms with Gasteiger partial charge in [-0.3, -0.25) is 38.4 Å². The van der Waals surface area contributed by atoms with Crippen molar-refractivity contribution >= 4 is 53.2 Å². The van der Waals surface area contributed by atoms with Gasteiger partial charge in [-0.1, -0.05) is 142 Å². The van der Waals surface area contributed by atoms with E-state index in [1.165, 1.54) is 61.6 Å². The van der Waals surface area contributed by atoms with E-state index < -0.39 is 137 Å². The molecule has 20 heteroatoms. The number of cyclic esters (lactones) is 1. The van der Waals surface area contributed by atoms with Crippen LogP contribution in [0.5, 0.6) is 5.75 Å². The Kier molecular flexibility index (Phi) is 25.1. The number of rotatable bonds is 15. The lowest BCUT2D eigenvalue weighted by Gasteiger charge is -2.39. The van der Waals surface area contributed by atoms with Crippen LogP contribution in [0.4, 0.5) is 0 Å². The van der Waals surface area contributed by atoms with Crippen LogP contribution in [0, 0.1) is 29.6 Å². The Bertz CT molecular complexity index is 2860. The molecule has 0 radical (unpaired) electrons. The summed E-state index contributed by atoms with van der Waals surface area (Å²) in [6, 6.07) is 13.9. The van der Waals surface area contributed by atoms with Gasteiger partial charge in [0.2, 0.25) is 41.4 Å². The molecule has 87 heavy (non-hydrogen) atoms.